The topological polar surface area (TPSA) is 23.6 Å². The van der Waals surface area contributed by atoms with Crippen molar-refractivity contribution in [2.24, 2.45) is 5.92 Å². The molecule has 3 rings (SSSR count). The monoisotopic (exact) mass is 390 g/mol. The van der Waals surface area contributed by atoms with E-state index in [4.69, 9.17) is 11.6 Å². The fourth-order valence-electron chi connectivity index (χ4n) is 3.68. The van der Waals surface area contributed by atoms with Crippen molar-refractivity contribution in [3.05, 3.63) is 56.7 Å². The molecule has 0 N–H and O–H groups in total. The van der Waals surface area contributed by atoms with Crippen molar-refractivity contribution >= 4 is 28.8 Å². The number of thiophene rings is 1. The van der Waals surface area contributed by atoms with Gasteiger partial charge in [0.15, 0.2) is 0 Å². The highest BCUT2D eigenvalue weighted by atomic mass is 35.5. The average Bonchev–Trinajstić information content (AvgIpc) is 3.07. The van der Waals surface area contributed by atoms with Gasteiger partial charge in [0.25, 0.3) is 5.91 Å². The SMILES string of the molecule is Cc1ccsc1C(=O)N(C)CC1CCCN(CCc2ccc(Cl)cc2)C1. The molecule has 1 atom stereocenters. The smallest absolute Gasteiger partial charge is 0.263 e. The van der Waals surface area contributed by atoms with Gasteiger partial charge in [0.05, 0.1) is 4.88 Å². The molecule has 1 aliphatic rings. The summed E-state index contributed by atoms with van der Waals surface area (Å²) in [6.45, 7) is 6.16. The number of carbonyl (C=O) groups excluding carboxylic acids is 1. The maximum Gasteiger partial charge on any atom is 0.263 e. The summed E-state index contributed by atoms with van der Waals surface area (Å²) in [5.41, 5.74) is 2.41. The van der Waals surface area contributed by atoms with Crippen LogP contribution >= 0.6 is 22.9 Å². The van der Waals surface area contributed by atoms with E-state index in [0.29, 0.717) is 5.92 Å². The van der Waals surface area contributed by atoms with Crippen LogP contribution in [0.3, 0.4) is 0 Å². The van der Waals surface area contributed by atoms with Crippen molar-refractivity contribution in [2.75, 3.05) is 33.2 Å². The molecule has 0 bridgehead atoms. The Kier molecular flexibility index (Phi) is 6.74. The van der Waals surface area contributed by atoms with E-state index >= 15 is 0 Å². The van der Waals surface area contributed by atoms with Gasteiger partial charge in [-0.25, -0.2) is 0 Å². The largest absolute Gasteiger partial charge is 0.341 e. The number of benzene rings is 1. The van der Waals surface area contributed by atoms with E-state index in [-0.39, 0.29) is 5.91 Å². The molecule has 0 aliphatic carbocycles. The van der Waals surface area contributed by atoms with Crippen LogP contribution in [0.4, 0.5) is 0 Å². The highest BCUT2D eigenvalue weighted by molar-refractivity contribution is 7.12. The lowest BCUT2D eigenvalue weighted by Gasteiger charge is -2.34. The first-order valence-corrected chi connectivity index (χ1v) is 10.5. The number of likely N-dealkylation sites (tertiary alicyclic amines) is 1. The van der Waals surface area contributed by atoms with Crippen LogP contribution in [0.25, 0.3) is 0 Å². The third kappa shape index (κ3) is 5.09. The summed E-state index contributed by atoms with van der Waals surface area (Å²) in [6, 6.07) is 10.2. The number of nitrogens with zero attached hydrogens (tertiary/aromatic N) is 2. The minimum absolute atomic E-state index is 0.163. The molecule has 3 nitrogen and oxygen atoms in total. The maximum atomic E-state index is 12.6. The fraction of sp³-hybridized carbons (Fsp3) is 0.476. The molecule has 0 radical (unpaired) electrons. The van der Waals surface area contributed by atoms with E-state index in [9.17, 15) is 4.79 Å². The van der Waals surface area contributed by atoms with Crippen molar-refractivity contribution in [3.8, 4) is 0 Å². The van der Waals surface area contributed by atoms with Gasteiger partial charge in [-0.1, -0.05) is 23.7 Å². The van der Waals surface area contributed by atoms with Crippen LogP contribution in [-0.4, -0.2) is 48.9 Å². The van der Waals surface area contributed by atoms with Gasteiger partial charge in [0.1, 0.15) is 0 Å². The number of halogens is 1. The molecule has 1 aliphatic heterocycles. The Labute approximate surface area is 165 Å². The van der Waals surface area contributed by atoms with Gasteiger partial charge in [-0.2, -0.15) is 0 Å². The summed E-state index contributed by atoms with van der Waals surface area (Å²) < 4.78 is 0. The Morgan fingerprint density at radius 2 is 2.08 bits per heavy atom. The van der Waals surface area contributed by atoms with Crippen LogP contribution in [0, 0.1) is 12.8 Å². The Bertz CT molecular complexity index is 728. The first-order chi connectivity index (χ1) is 12.5. The molecule has 26 heavy (non-hydrogen) atoms. The fourth-order valence-corrected chi connectivity index (χ4v) is 4.72. The lowest BCUT2D eigenvalue weighted by atomic mass is 9.97. The van der Waals surface area contributed by atoms with E-state index in [0.717, 1.165) is 48.1 Å². The number of amides is 1. The summed E-state index contributed by atoms with van der Waals surface area (Å²) in [7, 11) is 1.94. The van der Waals surface area contributed by atoms with Gasteiger partial charge in [0, 0.05) is 31.7 Å². The average molecular weight is 391 g/mol. The number of hydrogen-bond donors (Lipinski definition) is 0. The second-order valence-corrected chi connectivity index (χ2v) is 8.66. The Morgan fingerprint density at radius 3 is 2.77 bits per heavy atom. The van der Waals surface area contributed by atoms with Crippen molar-refractivity contribution in [2.45, 2.75) is 26.2 Å². The normalized spacial score (nSPS) is 18.0. The van der Waals surface area contributed by atoms with Crippen LogP contribution in [0.5, 0.6) is 0 Å². The van der Waals surface area contributed by atoms with Crippen molar-refractivity contribution in [3.63, 3.8) is 0 Å². The molecular formula is C21H27ClN2OS. The van der Waals surface area contributed by atoms with Crippen LogP contribution in [-0.2, 0) is 6.42 Å². The zero-order chi connectivity index (χ0) is 18.5. The number of rotatable bonds is 6. The molecule has 2 heterocycles. The van der Waals surface area contributed by atoms with Gasteiger partial charge in [-0.3, -0.25) is 4.79 Å². The maximum absolute atomic E-state index is 12.6. The number of piperidine rings is 1. The second-order valence-electron chi connectivity index (χ2n) is 7.30. The summed E-state index contributed by atoms with van der Waals surface area (Å²) in [4.78, 5) is 18.0. The third-order valence-electron chi connectivity index (χ3n) is 5.17. The minimum atomic E-state index is 0.163. The first kappa shape index (κ1) is 19.4. The standard InChI is InChI=1S/C21H27ClN2OS/c1-16-10-13-26-20(16)21(25)23(2)14-18-4-3-11-24(15-18)12-9-17-5-7-19(22)8-6-17/h5-8,10,13,18H,3-4,9,11-12,14-15H2,1-2H3. The van der Waals surface area contributed by atoms with Crippen LogP contribution < -0.4 is 0 Å². The molecule has 0 saturated carbocycles. The highest BCUT2D eigenvalue weighted by Crippen LogP contribution is 2.21. The lowest BCUT2D eigenvalue weighted by molar-refractivity contribution is 0.0734. The van der Waals surface area contributed by atoms with Crippen molar-refractivity contribution < 1.29 is 4.79 Å². The van der Waals surface area contributed by atoms with Crippen LogP contribution in [0.15, 0.2) is 35.7 Å². The Hall–Kier alpha value is -1.36. The van der Waals surface area contributed by atoms with Gasteiger partial charge in [-0.15, -0.1) is 11.3 Å². The molecule has 0 spiro atoms. The molecule has 140 valence electrons. The third-order valence-corrected chi connectivity index (χ3v) is 6.42. The van der Waals surface area contributed by atoms with Crippen molar-refractivity contribution in [1.82, 2.24) is 9.80 Å². The van der Waals surface area contributed by atoms with E-state index in [1.165, 1.54) is 18.4 Å². The predicted molar refractivity (Wildman–Crippen MR) is 110 cm³/mol. The molecule has 1 amide bonds. The predicted octanol–water partition coefficient (Wildman–Crippen LogP) is 4.74. The van der Waals surface area contributed by atoms with E-state index < -0.39 is 0 Å². The van der Waals surface area contributed by atoms with E-state index in [1.807, 2.05) is 42.5 Å². The molecule has 2 aromatic rings. The zero-order valence-electron chi connectivity index (χ0n) is 15.6. The second kappa shape index (κ2) is 9.03. The van der Waals surface area contributed by atoms with Crippen LogP contribution in [0.2, 0.25) is 5.02 Å². The number of hydrogen-bond acceptors (Lipinski definition) is 3. The highest BCUT2D eigenvalue weighted by Gasteiger charge is 2.24. The summed E-state index contributed by atoms with van der Waals surface area (Å²) in [5.74, 6) is 0.721. The van der Waals surface area contributed by atoms with Crippen molar-refractivity contribution in [1.29, 1.82) is 0 Å². The Balaban J connectivity index is 1.49. The van der Waals surface area contributed by atoms with E-state index in [2.05, 4.69) is 17.0 Å². The van der Waals surface area contributed by atoms with E-state index in [1.54, 1.807) is 11.3 Å². The quantitative estimate of drug-likeness (QED) is 0.711. The Morgan fingerprint density at radius 1 is 1.31 bits per heavy atom. The molecule has 1 fully saturated rings. The summed E-state index contributed by atoms with van der Waals surface area (Å²) in [5, 5.41) is 2.79. The summed E-state index contributed by atoms with van der Waals surface area (Å²) >= 11 is 7.50. The molecule has 1 aromatic carbocycles. The first-order valence-electron chi connectivity index (χ1n) is 9.29. The van der Waals surface area contributed by atoms with Gasteiger partial charge < -0.3 is 9.80 Å². The van der Waals surface area contributed by atoms with Gasteiger partial charge in [-0.05, 0) is 73.4 Å². The molecule has 1 aromatic heterocycles. The number of carbonyl (C=O) groups is 1. The molecule has 5 heteroatoms. The lowest BCUT2D eigenvalue weighted by Crippen LogP contribution is -2.42. The molecule has 1 saturated heterocycles. The summed E-state index contributed by atoms with van der Waals surface area (Å²) in [6.07, 6.45) is 3.47. The van der Waals surface area contributed by atoms with Gasteiger partial charge in [0.2, 0.25) is 0 Å². The number of aryl methyl sites for hydroxylation is 1. The van der Waals surface area contributed by atoms with Gasteiger partial charge >= 0.3 is 0 Å². The molecule has 1 unspecified atom stereocenters. The minimum Gasteiger partial charge on any atom is -0.341 e. The molecular weight excluding hydrogens is 364 g/mol. The zero-order valence-corrected chi connectivity index (χ0v) is 17.2. The van der Waals surface area contributed by atoms with Crippen LogP contribution in [0.1, 0.15) is 33.6 Å².